The van der Waals surface area contributed by atoms with E-state index in [4.69, 9.17) is 4.42 Å². The summed E-state index contributed by atoms with van der Waals surface area (Å²) in [5.74, 6) is 0.978. The van der Waals surface area contributed by atoms with Crippen molar-refractivity contribution in [1.82, 2.24) is 10.3 Å². The number of likely N-dealkylation sites (N-methyl/N-ethyl adjacent to an activating group) is 1. The van der Waals surface area contributed by atoms with E-state index in [0.29, 0.717) is 0 Å². The first kappa shape index (κ1) is 11.4. The summed E-state index contributed by atoms with van der Waals surface area (Å²) in [6.07, 6.45) is 2.64. The van der Waals surface area contributed by atoms with Gasteiger partial charge in [-0.15, -0.1) is 11.3 Å². The van der Waals surface area contributed by atoms with Gasteiger partial charge in [0.05, 0.1) is 17.0 Å². The molecule has 0 bridgehead atoms. The Hall–Kier alpha value is -1.13. The van der Waals surface area contributed by atoms with E-state index in [2.05, 4.69) is 15.7 Å². The van der Waals surface area contributed by atoms with Crippen molar-refractivity contribution < 1.29 is 4.42 Å². The molecule has 1 N–H and O–H groups in total. The molecular formula is C12H16N2OS. The third kappa shape index (κ3) is 2.33. The second kappa shape index (κ2) is 4.80. The number of aromatic nitrogens is 1. The lowest BCUT2D eigenvalue weighted by molar-refractivity contribution is 0.511. The number of hydrogen-bond donors (Lipinski definition) is 1. The summed E-state index contributed by atoms with van der Waals surface area (Å²) in [4.78, 5) is 4.49. The Morgan fingerprint density at radius 1 is 1.50 bits per heavy atom. The number of rotatable bonds is 4. The molecule has 2 rings (SSSR count). The Labute approximate surface area is 99.5 Å². The lowest BCUT2D eigenvalue weighted by Gasteiger charge is -2.13. The van der Waals surface area contributed by atoms with Gasteiger partial charge in [0.2, 0.25) is 0 Å². The summed E-state index contributed by atoms with van der Waals surface area (Å²) >= 11 is 1.70. The van der Waals surface area contributed by atoms with Crippen LogP contribution in [0.1, 0.15) is 28.1 Å². The second-order valence-corrected chi connectivity index (χ2v) is 4.90. The lowest BCUT2D eigenvalue weighted by atomic mass is 10.0. The first-order chi connectivity index (χ1) is 7.70. The summed E-state index contributed by atoms with van der Waals surface area (Å²) in [5.41, 5.74) is 2.36. The third-order valence-corrected chi connectivity index (χ3v) is 3.52. The van der Waals surface area contributed by atoms with Gasteiger partial charge in [0, 0.05) is 23.4 Å². The maximum Gasteiger partial charge on any atom is 0.105 e. The Kier molecular flexibility index (Phi) is 3.41. The molecule has 4 heteroatoms. The minimum Gasteiger partial charge on any atom is -0.469 e. The number of nitrogens with zero attached hydrogens (tertiary/aromatic N) is 1. The summed E-state index contributed by atoms with van der Waals surface area (Å²) < 4.78 is 5.33. The molecule has 0 aliphatic rings. The first-order valence-electron chi connectivity index (χ1n) is 5.33. The molecule has 0 radical (unpaired) electrons. The highest BCUT2D eigenvalue weighted by Crippen LogP contribution is 2.22. The first-order valence-corrected chi connectivity index (χ1v) is 6.21. The van der Waals surface area contributed by atoms with Gasteiger partial charge in [-0.2, -0.15) is 0 Å². The largest absolute Gasteiger partial charge is 0.469 e. The quantitative estimate of drug-likeness (QED) is 0.887. The standard InChI is InChI=1S/C12H16N2OS/c1-8-11(4-5-15-8)12(13-3)6-10-7-16-9(2)14-10/h4-5,7,12-13H,6H2,1-3H3. The second-order valence-electron chi connectivity index (χ2n) is 3.84. The van der Waals surface area contributed by atoms with Crippen molar-refractivity contribution in [3.63, 3.8) is 0 Å². The van der Waals surface area contributed by atoms with Gasteiger partial charge in [0.15, 0.2) is 0 Å². The Morgan fingerprint density at radius 3 is 2.81 bits per heavy atom. The molecule has 0 aliphatic carbocycles. The van der Waals surface area contributed by atoms with Crippen molar-refractivity contribution in [3.8, 4) is 0 Å². The topological polar surface area (TPSA) is 38.1 Å². The number of nitrogens with one attached hydrogen (secondary N) is 1. The molecule has 2 heterocycles. The molecule has 0 aliphatic heterocycles. The zero-order valence-electron chi connectivity index (χ0n) is 9.78. The molecular weight excluding hydrogens is 220 g/mol. The molecule has 0 saturated carbocycles. The van der Waals surface area contributed by atoms with Crippen LogP contribution in [0.4, 0.5) is 0 Å². The van der Waals surface area contributed by atoms with Gasteiger partial charge in [0.1, 0.15) is 5.76 Å². The number of hydrogen-bond acceptors (Lipinski definition) is 4. The maximum absolute atomic E-state index is 5.33. The highest BCUT2D eigenvalue weighted by atomic mass is 32.1. The fraction of sp³-hybridized carbons (Fsp3) is 0.417. The van der Waals surface area contributed by atoms with E-state index < -0.39 is 0 Å². The van der Waals surface area contributed by atoms with Crippen LogP contribution in [0.2, 0.25) is 0 Å². The fourth-order valence-electron chi connectivity index (χ4n) is 1.83. The van der Waals surface area contributed by atoms with E-state index in [1.165, 1.54) is 5.56 Å². The summed E-state index contributed by atoms with van der Waals surface area (Å²) in [7, 11) is 1.97. The monoisotopic (exact) mass is 236 g/mol. The van der Waals surface area contributed by atoms with Crippen molar-refractivity contribution in [2.75, 3.05) is 7.05 Å². The molecule has 2 aromatic heterocycles. The van der Waals surface area contributed by atoms with Crippen LogP contribution < -0.4 is 5.32 Å². The van der Waals surface area contributed by atoms with Crippen LogP contribution in [0, 0.1) is 13.8 Å². The van der Waals surface area contributed by atoms with Crippen LogP contribution in [0.25, 0.3) is 0 Å². The van der Waals surface area contributed by atoms with Crippen molar-refractivity contribution in [1.29, 1.82) is 0 Å². The van der Waals surface area contributed by atoms with Crippen LogP contribution in [0.15, 0.2) is 22.1 Å². The van der Waals surface area contributed by atoms with E-state index >= 15 is 0 Å². The normalized spacial score (nSPS) is 12.9. The molecule has 0 saturated heterocycles. The molecule has 86 valence electrons. The van der Waals surface area contributed by atoms with Crippen LogP contribution >= 0.6 is 11.3 Å². The average molecular weight is 236 g/mol. The van der Waals surface area contributed by atoms with Gasteiger partial charge in [-0.1, -0.05) is 0 Å². The molecule has 16 heavy (non-hydrogen) atoms. The molecule has 2 aromatic rings. The van der Waals surface area contributed by atoms with Crippen molar-refractivity contribution in [3.05, 3.63) is 39.7 Å². The highest BCUT2D eigenvalue weighted by Gasteiger charge is 2.15. The molecule has 0 amide bonds. The smallest absolute Gasteiger partial charge is 0.105 e. The summed E-state index contributed by atoms with van der Waals surface area (Å²) in [5, 5.41) is 6.55. The summed E-state index contributed by atoms with van der Waals surface area (Å²) in [6.45, 7) is 4.03. The molecule has 1 atom stereocenters. The van der Waals surface area contributed by atoms with E-state index in [1.54, 1.807) is 17.6 Å². The van der Waals surface area contributed by atoms with Crippen LogP contribution in [-0.4, -0.2) is 12.0 Å². The van der Waals surface area contributed by atoms with Crippen molar-refractivity contribution in [2.45, 2.75) is 26.3 Å². The Morgan fingerprint density at radius 2 is 2.31 bits per heavy atom. The van der Waals surface area contributed by atoms with Gasteiger partial charge >= 0.3 is 0 Å². The molecule has 3 nitrogen and oxygen atoms in total. The zero-order chi connectivity index (χ0) is 11.5. The molecule has 0 spiro atoms. The molecule has 1 unspecified atom stereocenters. The lowest BCUT2D eigenvalue weighted by Crippen LogP contribution is -2.19. The number of furan rings is 1. The minimum absolute atomic E-state index is 0.278. The van der Waals surface area contributed by atoms with Gasteiger partial charge in [-0.25, -0.2) is 4.98 Å². The number of thiazole rings is 1. The SMILES string of the molecule is CNC(Cc1csc(C)n1)c1ccoc1C. The van der Waals surface area contributed by atoms with Gasteiger partial charge in [-0.3, -0.25) is 0 Å². The van der Waals surface area contributed by atoms with E-state index in [0.717, 1.165) is 22.9 Å². The van der Waals surface area contributed by atoms with Crippen LogP contribution in [-0.2, 0) is 6.42 Å². The number of aryl methyl sites for hydroxylation is 2. The highest BCUT2D eigenvalue weighted by molar-refractivity contribution is 7.09. The average Bonchev–Trinajstić information content (AvgIpc) is 2.84. The van der Waals surface area contributed by atoms with Gasteiger partial charge < -0.3 is 9.73 Å². The third-order valence-electron chi connectivity index (χ3n) is 2.70. The van der Waals surface area contributed by atoms with E-state index in [9.17, 15) is 0 Å². The zero-order valence-corrected chi connectivity index (χ0v) is 10.6. The maximum atomic E-state index is 5.33. The van der Waals surface area contributed by atoms with Crippen molar-refractivity contribution in [2.24, 2.45) is 0 Å². The predicted octanol–water partition coefficient (Wildman–Crippen LogP) is 2.86. The fourth-order valence-corrected chi connectivity index (χ4v) is 2.46. The van der Waals surface area contributed by atoms with Gasteiger partial charge in [-0.05, 0) is 27.0 Å². The minimum atomic E-state index is 0.278. The Balaban J connectivity index is 2.15. The molecule has 0 aromatic carbocycles. The summed E-state index contributed by atoms with van der Waals surface area (Å²) in [6, 6.07) is 2.30. The van der Waals surface area contributed by atoms with Gasteiger partial charge in [0.25, 0.3) is 0 Å². The van der Waals surface area contributed by atoms with Crippen LogP contribution in [0.3, 0.4) is 0 Å². The van der Waals surface area contributed by atoms with Crippen molar-refractivity contribution >= 4 is 11.3 Å². The van der Waals surface area contributed by atoms with E-state index in [1.807, 2.05) is 27.0 Å². The molecule has 0 fully saturated rings. The Bertz CT molecular complexity index is 461. The van der Waals surface area contributed by atoms with Crippen LogP contribution in [0.5, 0.6) is 0 Å². The predicted molar refractivity (Wildman–Crippen MR) is 65.8 cm³/mol. The van der Waals surface area contributed by atoms with E-state index in [-0.39, 0.29) is 6.04 Å².